The summed E-state index contributed by atoms with van der Waals surface area (Å²) in [6, 6.07) is 21.0. The monoisotopic (exact) mass is 540 g/mol. The first-order chi connectivity index (χ1) is 19.5. The van der Waals surface area contributed by atoms with E-state index in [1.165, 1.54) is 12.0 Å². The fourth-order valence-corrected chi connectivity index (χ4v) is 5.49. The highest BCUT2D eigenvalue weighted by atomic mass is 16.5. The maximum atomic E-state index is 14.0. The predicted octanol–water partition coefficient (Wildman–Crippen LogP) is 5.18. The summed E-state index contributed by atoms with van der Waals surface area (Å²) in [6.45, 7) is 0.323. The minimum Gasteiger partial charge on any atom is -0.493 e. The number of aliphatic carboxylic acids is 1. The summed E-state index contributed by atoms with van der Waals surface area (Å²) in [5, 5.41) is 19.3. The van der Waals surface area contributed by atoms with Crippen molar-refractivity contribution >= 4 is 11.9 Å². The lowest BCUT2D eigenvalue weighted by atomic mass is 9.91. The largest absolute Gasteiger partial charge is 0.493 e. The van der Waals surface area contributed by atoms with Crippen LogP contribution in [0.2, 0.25) is 0 Å². The number of carboxylic acids is 1. The molecule has 5 rings (SSSR count). The molecule has 8 nitrogen and oxygen atoms in total. The molecule has 40 heavy (non-hydrogen) atoms. The van der Waals surface area contributed by atoms with Crippen molar-refractivity contribution < 1.29 is 28.9 Å². The van der Waals surface area contributed by atoms with E-state index in [0.29, 0.717) is 22.6 Å². The van der Waals surface area contributed by atoms with Crippen LogP contribution in [0.4, 0.5) is 0 Å². The molecule has 3 aromatic carbocycles. The van der Waals surface area contributed by atoms with Gasteiger partial charge in [-0.2, -0.15) is 5.26 Å². The van der Waals surface area contributed by atoms with E-state index in [4.69, 9.17) is 19.5 Å². The molecule has 206 valence electrons. The van der Waals surface area contributed by atoms with Crippen LogP contribution in [0.3, 0.4) is 0 Å². The smallest absolute Gasteiger partial charge is 0.326 e. The zero-order chi connectivity index (χ0) is 28.1. The Morgan fingerprint density at radius 2 is 1.77 bits per heavy atom. The first-order valence-electron chi connectivity index (χ1n) is 13.5. The first-order valence-corrected chi connectivity index (χ1v) is 13.5. The maximum absolute atomic E-state index is 14.0. The highest BCUT2D eigenvalue weighted by Crippen LogP contribution is 2.40. The number of nitrogens with zero attached hydrogens (tertiary/aromatic N) is 2. The van der Waals surface area contributed by atoms with Crippen LogP contribution in [0.15, 0.2) is 66.7 Å². The van der Waals surface area contributed by atoms with Gasteiger partial charge in [0.2, 0.25) is 0 Å². The molecule has 1 amide bonds. The zero-order valence-corrected chi connectivity index (χ0v) is 22.4. The van der Waals surface area contributed by atoms with Crippen molar-refractivity contribution in [1.82, 2.24) is 4.90 Å². The van der Waals surface area contributed by atoms with E-state index < -0.39 is 18.1 Å². The van der Waals surface area contributed by atoms with Crippen molar-refractivity contribution in [2.45, 2.75) is 63.5 Å². The van der Waals surface area contributed by atoms with Gasteiger partial charge in [-0.15, -0.1) is 0 Å². The molecule has 2 aliphatic rings. The van der Waals surface area contributed by atoms with Gasteiger partial charge in [0.1, 0.15) is 12.6 Å². The molecule has 8 heteroatoms. The van der Waals surface area contributed by atoms with Crippen molar-refractivity contribution in [2.24, 2.45) is 0 Å². The molecule has 1 aliphatic carbocycles. The number of rotatable bonds is 9. The Bertz CT molecular complexity index is 1390. The summed E-state index contributed by atoms with van der Waals surface area (Å²) < 4.78 is 18.1. The Kier molecular flexibility index (Phi) is 8.32. The molecule has 0 bridgehead atoms. The fraction of sp³-hybridized carbons (Fsp3) is 0.344. The van der Waals surface area contributed by atoms with Gasteiger partial charge in [0.05, 0.1) is 24.8 Å². The molecular formula is C32H32N2O6. The van der Waals surface area contributed by atoms with Gasteiger partial charge in [0.15, 0.2) is 17.6 Å². The van der Waals surface area contributed by atoms with Gasteiger partial charge in [-0.3, -0.25) is 4.79 Å². The number of amides is 1. The SMILES string of the molecule is COc1ccc2c(c1OCc1ccc(C#N)cc1)C[C@@H](C(=O)O)N(C(=O)[C@@H](OC1CCCC1)c1ccccc1)C2. The molecule has 0 radical (unpaired) electrons. The summed E-state index contributed by atoms with van der Waals surface area (Å²) in [5.41, 5.74) is 3.64. The minimum atomic E-state index is -1.09. The second-order valence-corrected chi connectivity index (χ2v) is 10.2. The Morgan fingerprint density at radius 3 is 2.42 bits per heavy atom. The summed E-state index contributed by atoms with van der Waals surface area (Å²) in [5.74, 6) is -0.493. The number of carboxylic acid groups (broad SMARTS) is 1. The second-order valence-electron chi connectivity index (χ2n) is 10.2. The summed E-state index contributed by atoms with van der Waals surface area (Å²) in [7, 11) is 1.54. The standard InChI is InChI=1S/C32H32N2O6/c1-38-28-16-15-24-19-34(31(35)29(23-7-3-2-4-8-23)40-25-9-5-6-10-25)27(32(36)37)17-26(24)30(28)39-20-22-13-11-21(18-33)12-14-22/h2-4,7-8,11-16,25,27,29H,5-6,9-10,17,19-20H2,1H3,(H,36,37)/t27-,29-/m0/s1. The number of hydrogen-bond acceptors (Lipinski definition) is 6. The van der Waals surface area contributed by atoms with Crippen LogP contribution in [-0.4, -0.2) is 41.1 Å². The van der Waals surface area contributed by atoms with Crippen molar-refractivity contribution in [3.8, 4) is 17.6 Å². The van der Waals surface area contributed by atoms with Crippen molar-refractivity contribution in [3.63, 3.8) is 0 Å². The van der Waals surface area contributed by atoms with Crippen molar-refractivity contribution in [1.29, 1.82) is 5.26 Å². The lowest BCUT2D eigenvalue weighted by molar-refractivity contribution is -0.160. The van der Waals surface area contributed by atoms with Crippen LogP contribution in [0, 0.1) is 11.3 Å². The van der Waals surface area contributed by atoms with E-state index in [-0.39, 0.29) is 31.6 Å². The lowest BCUT2D eigenvalue weighted by Gasteiger charge is -2.37. The van der Waals surface area contributed by atoms with Crippen LogP contribution in [-0.2, 0) is 33.9 Å². The van der Waals surface area contributed by atoms with E-state index in [2.05, 4.69) is 6.07 Å². The van der Waals surface area contributed by atoms with Gasteiger partial charge >= 0.3 is 5.97 Å². The molecule has 0 spiro atoms. The van der Waals surface area contributed by atoms with Gasteiger partial charge in [-0.25, -0.2) is 4.79 Å². The molecule has 1 fully saturated rings. The molecule has 1 aliphatic heterocycles. The molecule has 0 aromatic heterocycles. The van der Waals surface area contributed by atoms with Gasteiger partial charge in [-0.05, 0) is 47.7 Å². The van der Waals surface area contributed by atoms with Gasteiger partial charge in [-0.1, -0.05) is 61.4 Å². The maximum Gasteiger partial charge on any atom is 0.326 e. The van der Waals surface area contributed by atoms with Gasteiger partial charge < -0.3 is 24.2 Å². The quantitative estimate of drug-likeness (QED) is 0.398. The van der Waals surface area contributed by atoms with Crippen LogP contribution in [0.5, 0.6) is 11.5 Å². The number of methoxy groups -OCH3 is 1. The molecule has 0 unspecified atom stereocenters. The highest BCUT2D eigenvalue weighted by Gasteiger charge is 2.41. The zero-order valence-electron chi connectivity index (χ0n) is 22.4. The third kappa shape index (κ3) is 5.80. The second kappa shape index (κ2) is 12.2. The Labute approximate surface area is 233 Å². The molecule has 3 aromatic rings. The average molecular weight is 541 g/mol. The van der Waals surface area contributed by atoms with Crippen molar-refractivity contribution in [2.75, 3.05) is 7.11 Å². The number of fused-ring (bicyclic) bond motifs is 1. The van der Waals surface area contributed by atoms with Crippen LogP contribution >= 0.6 is 0 Å². The average Bonchev–Trinajstić information content (AvgIpc) is 3.51. The van der Waals surface area contributed by atoms with E-state index in [1.807, 2.05) is 48.5 Å². The van der Waals surface area contributed by atoms with Crippen molar-refractivity contribution in [3.05, 3.63) is 94.5 Å². The molecule has 1 saturated carbocycles. The summed E-state index contributed by atoms with van der Waals surface area (Å²) in [6.07, 6.45) is 3.06. The molecule has 0 saturated heterocycles. The van der Waals surface area contributed by atoms with E-state index in [0.717, 1.165) is 42.4 Å². The molecule has 1 heterocycles. The molecule has 1 N–H and O–H groups in total. The van der Waals surface area contributed by atoms with Gasteiger partial charge in [0, 0.05) is 18.5 Å². The predicted molar refractivity (Wildman–Crippen MR) is 147 cm³/mol. The fourth-order valence-electron chi connectivity index (χ4n) is 5.49. The number of hydrogen-bond donors (Lipinski definition) is 1. The number of carbonyl (C=O) groups excluding carboxylic acids is 1. The number of nitriles is 1. The molecular weight excluding hydrogens is 508 g/mol. The first kappa shape index (κ1) is 27.2. The summed E-state index contributed by atoms with van der Waals surface area (Å²) >= 11 is 0. The van der Waals surface area contributed by atoms with E-state index >= 15 is 0 Å². The summed E-state index contributed by atoms with van der Waals surface area (Å²) in [4.78, 5) is 28.0. The Morgan fingerprint density at radius 1 is 1.05 bits per heavy atom. The normalized spacial score (nSPS) is 17.5. The number of ether oxygens (including phenoxy) is 3. The van der Waals surface area contributed by atoms with Crippen LogP contribution in [0.25, 0.3) is 0 Å². The third-order valence-electron chi connectivity index (χ3n) is 7.65. The highest BCUT2D eigenvalue weighted by molar-refractivity contribution is 5.88. The van der Waals surface area contributed by atoms with Crippen LogP contribution < -0.4 is 9.47 Å². The van der Waals surface area contributed by atoms with Crippen LogP contribution in [0.1, 0.15) is 59.6 Å². The number of carbonyl (C=O) groups is 2. The van der Waals surface area contributed by atoms with E-state index in [1.54, 1.807) is 18.2 Å². The van der Waals surface area contributed by atoms with E-state index in [9.17, 15) is 14.7 Å². The Hall–Kier alpha value is -4.35. The Balaban J connectivity index is 1.44. The van der Waals surface area contributed by atoms with Gasteiger partial charge in [0.25, 0.3) is 5.91 Å². The third-order valence-corrected chi connectivity index (χ3v) is 7.65. The molecule has 2 atom stereocenters. The lowest BCUT2D eigenvalue weighted by Crippen LogP contribution is -2.50. The topological polar surface area (TPSA) is 109 Å². The number of benzene rings is 3. The minimum absolute atomic E-state index is 0.0269.